The number of halogens is 1. The average molecular weight is 364 g/mol. The van der Waals surface area contributed by atoms with Crippen molar-refractivity contribution in [2.75, 3.05) is 6.61 Å². The van der Waals surface area contributed by atoms with E-state index >= 15 is 0 Å². The van der Waals surface area contributed by atoms with Gasteiger partial charge < -0.3 is 15.0 Å². The van der Waals surface area contributed by atoms with E-state index in [0.717, 1.165) is 10.0 Å². The first-order chi connectivity index (χ1) is 10.6. The van der Waals surface area contributed by atoms with E-state index in [1.807, 2.05) is 0 Å². The Bertz CT molecular complexity index is 796. The molecule has 0 radical (unpaired) electrons. The molecule has 0 aliphatic rings. The maximum absolute atomic E-state index is 10.7. The highest BCUT2D eigenvalue weighted by Gasteiger charge is 2.14. The quantitative estimate of drug-likeness (QED) is 0.712. The summed E-state index contributed by atoms with van der Waals surface area (Å²) >= 11 is 3.33. The van der Waals surface area contributed by atoms with Crippen LogP contribution in [0.5, 0.6) is 5.75 Å². The fraction of sp³-hybridized carbons (Fsp3) is 0.0769. The number of nitrogens with two attached hydrogens (primary N) is 1. The van der Waals surface area contributed by atoms with Crippen molar-refractivity contribution in [1.82, 2.24) is 20.3 Å². The van der Waals surface area contributed by atoms with Crippen LogP contribution in [0.3, 0.4) is 0 Å². The summed E-state index contributed by atoms with van der Waals surface area (Å²) in [6.45, 7) is -0.167. The highest BCUT2D eigenvalue weighted by atomic mass is 79.9. The van der Waals surface area contributed by atoms with E-state index in [0.29, 0.717) is 23.2 Å². The molecule has 3 N–H and O–H groups in total. The zero-order chi connectivity index (χ0) is 15.5. The predicted octanol–water partition coefficient (Wildman–Crippen LogP) is 1.75. The molecule has 9 heteroatoms. The van der Waals surface area contributed by atoms with E-state index in [2.05, 4.69) is 36.3 Å². The van der Waals surface area contributed by atoms with Crippen LogP contribution in [0.15, 0.2) is 39.5 Å². The average Bonchev–Trinajstić information content (AvgIpc) is 3.14. The number of amides is 1. The second-order valence-electron chi connectivity index (χ2n) is 4.30. The van der Waals surface area contributed by atoms with E-state index in [1.165, 1.54) is 0 Å². The van der Waals surface area contributed by atoms with Gasteiger partial charge in [-0.25, -0.2) is 0 Å². The second-order valence-corrected chi connectivity index (χ2v) is 5.15. The maximum Gasteiger partial charge on any atom is 0.277 e. The molecule has 3 rings (SSSR count). The van der Waals surface area contributed by atoms with Crippen molar-refractivity contribution in [3.8, 4) is 28.7 Å². The van der Waals surface area contributed by atoms with E-state index in [9.17, 15) is 4.79 Å². The van der Waals surface area contributed by atoms with Gasteiger partial charge in [-0.05, 0) is 40.2 Å². The number of H-pyrrole nitrogens is 1. The molecular formula is C13H10BrN5O3. The molecule has 0 fully saturated rings. The first kappa shape index (κ1) is 14.3. The highest BCUT2D eigenvalue weighted by molar-refractivity contribution is 9.10. The lowest BCUT2D eigenvalue weighted by molar-refractivity contribution is -0.119. The molecule has 0 unspecified atom stereocenters. The largest absolute Gasteiger partial charge is 0.484 e. The summed E-state index contributed by atoms with van der Waals surface area (Å²) in [6.07, 6.45) is 1.60. The van der Waals surface area contributed by atoms with Crippen LogP contribution < -0.4 is 10.5 Å². The van der Waals surface area contributed by atoms with Crippen LogP contribution in [0.25, 0.3) is 23.0 Å². The van der Waals surface area contributed by atoms with Crippen molar-refractivity contribution in [3.05, 3.63) is 34.9 Å². The number of hydrogen-bond donors (Lipinski definition) is 2. The van der Waals surface area contributed by atoms with E-state index in [-0.39, 0.29) is 6.61 Å². The van der Waals surface area contributed by atoms with Crippen LogP contribution in [-0.2, 0) is 4.79 Å². The molecule has 0 bridgehead atoms. The molecule has 22 heavy (non-hydrogen) atoms. The summed E-state index contributed by atoms with van der Waals surface area (Å²) < 4.78 is 11.1. The number of benzene rings is 1. The number of carbonyl (C=O) groups excluding carboxylic acids is 1. The molecule has 2 heterocycles. The lowest BCUT2D eigenvalue weighted by atomic mass is 10.2. The van der Waals surface area contributed by atoms with E-state index in [4.69, 9.17) is 15.0 Å². The molecule has 0 saturated heterocycles. The monoisotopic (exact) mass is 363 g/mol. The van der Waals surface area contributed by atoms with Gasteiger partial charge >= 0.3 is 0 Å². The number of ether oxygens (including phenoxy) is 1. The van der Waals surface area contributed by atoms with Crippen LogP contribution in [0.4, 0.5) is 0 Å². The minimum atomic E-state index is -0.531. The van der Waals surface area contributed by atoms with Gasteiger partial charge in [0.1, 0.15) is 11.4 Å². The Morgan fingerprint density at radius 2 is 2.14 bits per heavy atom. The molecule has 0 aliphatic carbocycles. The Morgan fingerprint density at radius 1 is 1.36 bits per heavy atom. The van der Waals surface area contributed by atoms with Gasteiger partial charge in [0, 0.05) is 5.56 Å². The van der Waals surface area contributed by atoms with Gasteiger partial charge in [0.25, 0.3) is 11.8 Å². The molecule has 3 aromatic rings. The smallest absolute Gasteiger partial charge is 0.277 e. The van der Waals surface area contributed by atoms with Gasteiger partial charge in [-0.2, -0.15) is 10.1 Å². The SMILES string of the molecule is NC(=O)COc1ccc(-c2noc(-c3[nH]ncc3Br)n2)cc1. The lowest BCUT2D eigenvalue weighted by Crippen LogP contribution is -2.19. The van der Waals surface area contributed by atoms with Gasteiger partial charge in [0.05, 0.1) is 10.7 Å². The number of primary amides is 1. The molecule has 0 spiro atoms. The Hall–Kier alpha value is -2.68. The van der Waals surface area contributed by atoms with Crippen molar-refractivity contribution in [2.45, 2.75) is 0 Å². The predicted molar refractivity (Wildman–Crippen MR) is 79.7 cm³/mol. The summed E-state index contributed by atoms with van der Waals surface area (Å²) in [7, 11) is 0. The summed E-state index contributed by atoms with van der Waals surface area (Å²) in [5.74, 6) is 0.756. The van der Waals surface area contributed by atoms with Crippen LogP contribution in [0, 0.1) is 0 Å². The maximum atomic E-state index is 10.7. The van der Waals surface area contributed by atoms with Gasteiger partial charge in [0.2, 0.25) is 5.82 Å². The molecule has 2 aromatic heterocycles. The third kappa shape index (κ3) is 2.98. The summed E-state index contributed by atoms with van der Waals surface area (Å²) in [6, 6.07) is 6.90. The first-order valence-electron chi connectivity index (χ1n) is 6.18. The van der Waals surface area contributed by atoms with Crippen molar-refractivity contribution >= 4 is 21.8 Å². The highest BCUT2D eigenvalue weighted by Crippen LogP contribution is 2.27. The molecular weight excluding hydrogens is 354 g/mol. The lowest BCUT2D eigenvalue weighted by Gasteiger charge is -2.03. The standard InChI is InChI=1S/C13H10BrN5O3/c14-9-5-16-18-11(9)13-17-12(19-22-13)7-1-3-8(4-2-7)21-6-10(15)20/h1-5H,6H2,(H2,15,20)(H,16,18). The van der Waals surface area contributed by atoms with Crippen LogP contribution in [0.2, 0.25) is 0 Å². The molecule has 0 saturated carbocycles. The van der Waals surface area contributed by atoms with Crippen molar-refractivity contribution in [3.63, 3.8) is 0 Å². The molecule has 1 aromatic carbocycles. The minimum Gasteiger partial charge on any atom is -0.484 e. The number of rotatable bonds is 5. The number of nitrogens with one attached hydrogen (secondary N) is 1. The van der Waals surface area contributed by atoms with Crippen molar-refractivity contribution in [1.29, 1.82) is 0 Å². The number of nitrogens with zero attached hydrogens (tertiary/aromatic N) is 3. The third-order valence-electron chi connectivity index (χ3n) is 2.73. The Labute approximate surface area is 132 Å². The van der Waals surface area contributed by atoms with Gasteiger partial charge in [-0.15, -0.1) is 0 Å². The fourth-order valence-corrected chi connectivity index (χ4v) is 2.08. The Balaban J connectivity index is 1.79. The topological polar surface area (TPSA) is 120 Å². The van der Waals surface area contributed by atoms with Gasteiger partial charge in [0.15, 0.2) is 6.61 Å². The van der Waals surface area contributed by atoms with E-state index in [1.54, 1.807) is 30.5 Å². The molecule has 112 valence electrons. The number of carbonyl (C=O) groups is 1. The Morgan fingerprint density at radius 3 is 2.77 bits per heavy atom. The number of hydrogen-bond acceptors (Lipinski definition) is 6. The molecule has 0 aliphatic heterocycles. The normalized spacial score (nSPS) is 10.6. The van der Waals surface area contributed by atoms with Crippen LogP contribution in [0.1, 0.15) is 0 Å². The first-order valence-corrected chi connectivity index (χ1v) is 6.97. The summed E-state index contributed by atoms with van der Waals surface area (Å²) in [5, 5.41) is 10.6. The number of aromatic amines is 1. The molecule has 1 amide bonds. The van der Waals surface area contributed by atoms with Crippen LogP contribution in [-0.4, -0.2) is 32.9 Å². The zero-order valence-corrected chi connectivity index (χ0v) is 12.7. The van der Waals surface area contributed by atoms with Gasteiger partial charge in [-0.3, -0.25) is 9.89 Å². The Kier molecular flexibility index (Phi) is 3.88. The second kappa shape index (κ2) is 5.98. The summed E-state index contributed by atoms with van der Waals surface area (Å²) in [5.41, 5.74) is 6.37. The number of aromatic nitrogens is 4. The van der Waals surface area contributed by atoms with Crippen molar-refractivity contribution < 1.29 is 14.1 Å². The molecule has 8 nitrogen and oxygen atoms in total. The summed E-state index contributed by atoms with van der Waals surface area (Å²) in [4.78, 5) is 15.0. The third-order valence-corrected chi connectivity index (χ3v) is 3.33. The van der Waals surface area contributed by atoms with Gasteiger partial charge in [-0.1, -0.05) is 5.16 Å². The van der Waals surface area contributed by atoms with Crippen LogP contribution >= 0.6 is 15.9 Å². The zero-order valence-electron chi connectivity index (χ0n) is 11.1. The van der Waals surface area contributed by atoms with Crippen molar-refractivity contribution in [2.24, 2.45) is 5.73 Å². The fourth-order valence-electron chi connectivity index (χ4n) is 1.72. The van der Waals surface area contributed by atoms with E-state index < -0.39 is 5.91 Å². The minimum absolute atomic E-state index is 0.167. The molecule has 0 atom stereocenters.